The molecule has 1 N–H and O–H groups in total. The van der Waals surface area contributed by atoms with E-state index in [1.165, 1.54) is 28.8 Å². The Morgan fingerprint density at radius 1 is 1.03 bits per heavy atom. The number of aromatic nitrogens is 2. The summed E-state index contributed by atoms with van der Waals surface area (Å²) in [7, 11) is 0. The van der Waals surface area contributed by atoms with Gasteiger partial charge < -0.3 is 4.98 Å². The van der Waals surface area contributed by atoms with Gasteiger partial charge in [-0.3, -0.25) is 19.1 Å². The first kappa shape index (κ1) is 19.3. The van der Waals surface area contributed by atoms with Crippen LogP contribution in [0.3, 0.4) is 0 Å². The van der Waals surface area contributed by atoms with E-state index in [-0.39, 0.29) is 35.3 Å². The fraction of sp³-hybridized carbons (Fsp3) is 0.318. The SMILES string of the molecule is O=C(CN1CCC(Cn2c(=O)[nH]c3ccccc3c2=O)CC1)c1ccc(F)cc1. The molecule has 1 aliphatic heterocycles. The minimum absolute atomic E-state index is 0.0364. The highest BCUT2D eigenvalue weighted by Crippen LogP contribution is 2.19. The Hall–Kier alpha value is -3.06. The van der Waals surface area contributed by atoms with Gasteiger partial charge in [-0.2, -0.15) is 0 Å². The van der Waals surface area contributed by atoms with Crippen molar-refractivity contribution in [2.75, 3.05) is 19.6 Å². The van der Waals surface area contributed by atoms with Crippen molar-refractivity contribution in [1.29, 1.82) is 0 Å². The van der Waals surface area contributed by atoms with E-state index < -0.39 is 0 Å². The zero-order valence-corrected chi connectivity index (χ0v) is 15.9. The van der Waals surface area contributed by atoms with Gasteiger partial charge in [0.25, 0.3) is 5.56 Å². The molecule has 7 heteroatoms. The van der Waals surface area contributed by atoms with E-state index in [9.17, 15) is 18.8 Å². The number of piperidine rings is 1. The van der Waals surface area contributed by atoms with Gasteiger partial charge in [-0.1, -0.05) is 12.1 Å². The molecule has 29 heavy (non-hydrogen) atoms. The Morgan fingerprint density at radius 3 is 2.45 bits per heavy atom. The zero-order valence-electron chi connectivity index (χ0n) is 15.9. The molecule has 0 saturated carbocycles. The molecule has 0 aliphatic carbocycles. The van der Waals surface area contributed by atoms with Crippen LogP contribution in [-0.4, -0.2) is 39.9 Å². The monoisotopic (exact) mass is 395 g/mol. The van der Waals surface area contributed by atoms with Gasteiger partial charge in [-0.15, -0.1) is 0 Å². The second kappa shape index (κ2) is 8.13. The van der Waals surface area contributed by atoms with E-state index in [0.29, 0.717) is 23.0 Å². The van der Waals surface area contributed by atoms with E-state index in [2.05, 4.69) is 9.88 Å². The van der Waals surface area contributed by atoms with Gasteiger partial charge in [0, 0.05) is 12.1 Å². The van der Waals surface area contributed by atoms with Gasteiger partial charge >= 0.3 is 5.69 Å². The van der Waals surface area contributed by atoms with Crippen LogP contribution in [0, 0.1) is 11.7 Å². The molecule has 0 atom stereocenters. The molecule has 2 heterocycles. The molecule has 1 fully saturated rings. The first-order valence-electron chi connectivity index (χ1n) is 9.74. The number of Topliss-reactive ketones (excluding diaryl/α,β-unsaturated/α-hetero) is 1. The van der Waals surface area contributed by atoms with Crippen molar-refractivity contribution in [2.24, 2.45) is 5.92 Å². The number of halogens is 1. The average molecular weight is 395 g/mol. The molecular formula is C22H22FN3O3. The lowest BCUT2D eigenvalue weighted by molar-refractivity contribution is 0.0889. The van der Waals surface area contributed by atoms with Gasteiger partial charge in [0.15, 0.2) is 5.78 Å². The number of nitrogens with one attached hydrogen (secondary N) is 1. The number of carbonyl (C=O) groups is 1. The van der Waals surface area contributed by atoms with Crippen LogP contribution in [0.5, 0.6) is 0 Å². The third kappa shape index (κ3) is 4.19. The number of carbonyl (C=O) groups excluding carboxylic acids is 1. The lowest BCUT2D eigenvalue weighted by atomic mass is 9.96. The molecular weight excluding hydrogens is 373 g/mol. The molecule has 1 aromatic heterocycles. The number of rotatable bonds is 5. The molecule has 6 nitrogen and oxygen atoms in total. The molecule has 0 radical (unpaired) electrons. The standard InChI is InChI=1S/C22H22FN3O3/c23-17-7-5-16(6-8-17)20(27)14-25-11-9-15(10-12-25)13-26-21(28)18-3-1-2-4-19(18)24-22(26)29/h1-8,15H,9-14H2,(H,24,29). The predicted molar refractivity (Wildman–Crippen MR) is 109 cm³/mol. The third-order valence-electron chi connectivity index (χ3n) is 5.57. The second-order valence-electron chi connectivity index (χ2n) is 7.54. The van der Waals surface area contributed by atoms with Crippen LogP contribution in [0.15, 0.2) is 58.1 Å². The fourth-order valence-corrected chi connectivity index (χ4v) is 3.88. The van der Waals surface area contributed by atoms with Crippen LogP contribution in [0.1, 0.15) is 23.2 Å². The maximum absolute atomic E-state index is 13.0. The van der Waals surface area contributed by atoms with Crippen LogP contribution < -0.4 is 11.2 Å². The maximum Gasteiger partial charge on any atom is 0.328 e. The van der Waals surface area contributed by atoms with Crippen LogP contribution in [0.25, 0.3) is 10.9 Å². The van der Waals surface area contributed by atoms with Gasteiger partial charge in [-0.25, -0.2) is 9.18 Å². The van der Waals surface area contributed by atoms with E-state index in [1.807, 2.05) is 0 Å². The molecule has 2 aromatic carbocycles. The summed E-state index contributed by atoms with van der Waals surface area (Å²) in [6.45, 7) is 2.10. The summed E-state index contributed by atoms with van der Waals surface area (Å²) < 4.78 is 14.3. The summed E-state index contributed by atoms with van der Waals surface area (Å²) >= 11 is 0. The van der Waals surface area contributed by atoms with Crippen molar-refractivity contribution in [3.8, 4) is 0 Å². The summed E-state index contributed by atoms with van der Waals surface area (Å²) in [5.74, 6) is -0.195. The average Bonchev–Trinajstić information content (AvgIpc) is 2.73. The van der Waals surface area contributed by atoms with Crippen LogP contribution in [0.4, 0.5) is 4.39 Å². The Labute approximate surface area is 166 Å². The summed E-state index contributed by atoms with van der Waals surface area (Å²) in [4.78, 5) is 42.2. The van der Waals surface area contributed by atoms with E-state index in [4.69, 9.17) is 0 Å². The Morgan fingerprint density at radius 2 is 1.72 bits per heavy atom. The molecule has 0 spiro atoms. The number of aromatic amines is 1. The molecule has 0 unspecified atom stereocenters. The topological polar surface area (TPSA) is 75.2 Å². The molecule has 3 aromatic rings. The highest BCUT2D eigenvalue weighted by Gasteiger charge is 2.23. The summed E-state index contributed by atoms with van der Waals surface area (Å²) in [6, 6.07) is 12.6. The molecule has 1 aliphatic rings. The quantitative estimate of drug-likeness (QED) is 0.674. The zero-order chi connectivity index (χ0) is 20.4. The van der Waals surface area contributed by atoms with Crippen molar-refractivity contribution >= 4 is 16.7 Å². The van der Waals surface area contributed by atoms with Crippen LogP contribution in [0.2, 0.25) is 0 Å². The molecule has 4 rings (SSSR count). The number of fused-ring (bicyclic) bond motifs is 1. The number of hydrogen-bond donors (Lipinski definition) is 1. The number of hydrogen-bond acceptors (Lipinski definition) is 4. The minimum Gasteiger partial charge on any atom is -0.307 e. The first-order valence-corrected chi connectivity index (χ1v) is 9.74. The van der Waals surface area contributed by atoms with Gasteiger partial charge in [0.05, 0.1) is 17.4 Å². The number of likely N-dealkylation sites (tertiary alicyclic amines) is 1. The molecule has 150 valence electrons. The highest BCUT2D eigenvalue weighted by atomic mass is 19.1. The molecule has 0 amide bonds. The van der Waals surface area contributed by atoms with Crippen LogP contribution >= 0.6 is 0 Å². The number of H-pyrrole nitrogens is 1. The van der Waals surface area contributed by atoms with E-state index in [1.54, 1.807) is 24.3 Å². The number of benzene rings is 2. The van der Waals surface area contributed by atoms with Crippen molar-refractivity contribution in [1.82, 2.24) is 14.5 Å². The van der Waals surface area contributed by atoms with Crippen molar-refractivity contribution in [2.45, 2.75) is 19.4 Å². The summed E-state index contributed by atoms with van der Waals surface area (Å²) in [5, 5.41) is 0.509. The normalized spacial score (nSPS) is 15.6. The van der Waals surface area contributed by atoms with Crippen molar-refractivity contribution < 1.29 is 9.18 Å². The maximum atomic E-state index is 13.0. The Kier molecular flexibility index (Phi) is 5.40. The molecule has 1 saturated heterocycles. The van der Waals surface area contributed by atoms with Crippen molar-refractivity contribution in [3.63, 3.8) is 0 Å². The largest absolute Gasteiger partial charge is 0.328 e. The first-order chi connectivity index (χ1) is 14.0. The number of para-hydroxylation sites is 1. The lowest BCUT2D eigenvalue weighted by Gasteiger charge is -2.31. The number of ketones is 1. The summed E-state index contributed by atoms with van der Waals surface area (Å²) in [5.41, 5.74) is 0.400. The number of nitrogens with zero attached hydrogens (tertiary/aromatic N) is 2. The van der Waals surface area contributed by atoms with E-state index >= 15 is 0 Å². The predicted octanol–water partition coefficient (Wildman–Crippen LogP) is 2.42. The van der Waals surface area contributed by atoms with Gasteiger partial charge in [0.1, 0.15) is 5.82 Å². The van der Waals surface area contributed by atoms with Crippen LogP contribution in [-0.2, 0) is 6.54 Å². The Bertz CT molecular complexity index is 1140. The lowest BCUT2D eigenvalue weighted by Crippen LogP contribution is -2.42. The van der Waals surface area contributed by atoms with Gasteiger partial charge in [-0.05, 0) is 68.2 Å². The third-order valence-corrected chi connectivity index (χ3v) is 5.57. The Balaban J connectivity index is 1.39. The van der Waals surface area contributed by atoms with E-state index in [0.717, 1.165) is 25.9 Å². The van der Waals surface area contributed by atoms with Crippen molar-refractivity contribution in [3.05, 3.63) is 80.7 Å². The second-order valence-corrected chi connectivity index (χ2v) is 7.54. The minimum atomic E-state index is -0.386. The van der Waals surface area contributed by atoms with Gasteiger partial charge in [0.2, 0.25) is 0 Å². The molecule has 0 bridgehead atoms. The highest BCUT2D eigenvalue weighted by molar-refractivity contribution is 5.97. The summed E-state index contributed by atoms with van der Waals surface area (Å²) in [6.07, 6.45) is 1.60. The smallest absolute Gasteiger partial charge is 0.307 e. The fourth-order valence-electron chi connectivity index (χ4n) is 3.88.